The van der Waals surface area contributed by atoms with Gasteiger partial charge in [-0.15, -0.1) is 0 Å². The van der Waals surface area contributed by atoms with Gasteiger partial charge in [0.15, 0.2) is 0 Å². The summed E-state index contributed by atoms with van der Waals surface area (Å²) in [5, 5.41) is 0.749. The third-order valence-electron chi connectivity index (χ3n) is 4.50. The molecule has 0 fully saturated rings. The van der Waals surface area contributed by atoms with E-state index < -0.39 is 0 Å². The van der Waals surface area contributed by atoms with Crippen molar-refractivity contribution in [1.82, 2.24) is 19.9 Å². The first kappa shape index (κ1) is 16.6. The fourth-order valence-corrected chi connectivity index (χ4v) is 3.28. The Morgan fingerprint density at radius 3 is 2.38 bits per heavy atom. The van der Waals surface area contributed by atoms with Crippen LogP contribution in [0.1, 0.15) is 22.5 Å². The predicted molar refractivity (Wildman–Crippen MR) is 105 cm³/mol. The predicted octanol–water partition coefficient (Wildman–Crippen LogP) is 5.33. The molecule has 0 bridgehead atoms. The first-order chi connectivity index (χ1) is 12.6. The minimum atomic E-state index is 0.728. The number of aromatic amines is 2. The number of nitrogens with one attached hydrogen (secondary N) is 2. The molecule has 2 heterocycles. The van der Waals surface area contributed by atoms with Gasteiger partial charge in [0, 0.05) is 35.0 Å². The molecular weight excluding hydrogens is 344 g/mol. The van der Waals surface area contributed by atoms with Crippen molar-refractivity contribution in [3.05, 3.63) is 82.4 Å². The van der Waals surface area contributed by atoms with Crippen LogP contribution in [0.25, 0.3) is 22.8 Å². The van der Waals surface area contributed by atoms with E-state index >= 15 is 0 Å². The van der Waals surface area contributed by atoms with Crippen molar-refractivity contribution in [1.29, 1.82) is 0 Å². The minimum Gasteiger partial charge on any atom is -0.344 e. The Hall–Kier alpha value is -2.85. The van der Waals surface area contributed by atoms with Gasteiger partial charge in [-0.1, -0.05) is 48.0 Å². The fraction of sp³-hybridized carbons (Fsp3) is 0.143. The quantitative estimate of drug-likeness (QED) is 0.515. The average molecular weight is 363 g/mol. The van der Waals surface area contributed by atoms with E-state index in [1.165, 1.54) is 5.56 Å². The number of nitrogens with zero attached hydrogens (tertiary/aromatic N) is 2. The second kappa shape index (κ2) is 6.81. The van der Waals surface area contributed by atoms with Crippen molar-refractivity contribution in [3.63, 3.8) is 0 Å². The van der Waals surface area contributed by atoms with Crippen molar-refractivity contribution in [2.24, 2.45) is 0 Å². The second-order valence-electron chi connectivity index (χ2n) is 6.38. The van der Waals surface area contributed by atoms with E-state index in [9.17, 15) is 0 Å². The molecule has 26 heavy (non-hydrogen) atoms. The molecule has 0 radical (unpaired) electrons. The zero-order valence-corrected chi connectivity index (χ0v) is 15.4. The van der Waals surface area contributed by atoms with Crippen molar-refractivity contribution in [2.75, 3.05) is 0 Å². The largest absolute Gasteiger partial charge is 0.344 e. The van der Waals surface area contributed by atoms with Gasteiger partial charge in [0.25, 0.3) is 0 Å². The molecule has 0 aliphatic carbocycles. The normalized spacial score (nSPS) is 11.0. The molecule has 0 aliphatic heterocycles. The molecule has 0 unspecified atom stereocenters. The van der Waals surface area contributed by atoms with Crippen LogP contribution in [0.5, 0.6) is 0 Å². The Bertz CT molecular complexity index is 1060. The smallest absolute Gasteiger partial charge is 0.137 e. The number of benzene rings is 2. The highest BCUT2D eigenvalue weighted by atomic mass is 35.5. The molecule has 0 saturated carbocycles. The summed E-state index contributed by atoms with van der Waals surface area (Å²) in [6.45, 7) is 3.99. The zero-order valence-electron chi connectivity index (χ0n) is 14.7. The van der Waals surface area contributed by atoms with Crippen LogP contribution in [0.3, 0.4) is 0 Å². The molecule has 4 aromatic rings. The van der Waals surface area contributed by atoms with Crippen molar-refractivity contribution < 1.29 is 0 Å². The Labute approximate surface area is 157 Å². The lowest BCUT2D eigenvalue weighted by Gasteiger charge is -2.06. The maximum Gasteiger partial charge on any atom is 0.137 e. The number of halogens is 1. The zero-order chi connectivity index (χ0) is 18.1. The molecule has 2 N–H and O–H groups in total. The summed E-state index contributed by atoms with van der Waals surface area (Å²) in [7, 11) is 0. The SMILES string of the molecule is Cc1c[nH]c(-c2ccccc2Cc2c[nH]c(-c3cccc(Cl)c3C)n2)n1. The van der Waals surface area contributed by atoms with Crippen LogP contribution in [0, 0.1) is 13.8 Å². The summed E-state index contributed by atoms with van der Waals surface area (Å²) in [6.07, 6.45) is 4.60. The van der Waals surface area contributed by atoms with E-state index in [-0.39, 0.29) is 0 Å². The standard InChI is InChI=1S/C21H19ClN4/c1-13-11-23-21(25-13)18-7-4-3-6-15(18)10-16-12-24-20(26-16)17-8-5-9-19(22)14(17)2/h3-9,11-12H,10H2,1-2H3,(H,23,25)(H,24,26). The maximum atomic E-state index is 6.24. The molecule has 130 valence electrons. The van der Waals surface area contributed by atoms with Gasteiger partial charge in [0.1, 0.15) is 11.6 Å². The topological polar surface area (TPSA) is 57.4 Å². The Balaban J connectivity index is 1.66. The van der Waals surface area contributed by atoms with Crippen LogP contribution >= 0.6 is 11.6 Å². The van der Waals surface area contributed by atoms with Crippen molar-refractivity contribution in [2.45, 2.75) is 20.3 Å². The summed E-state index contributed by atoms with van der Waals surface area (Å²) < 4.78 is 0. The highest BCUT2D eigenvalue weighted by molar-refractivity contribution is 6.31. The van der Waals surface area contributed by atoms with Crippen LogP contribution in [-0.4, -0.2) is 19.9 Å². The van der Waals surface area contributed by atoms with E-state index in [1.807, 2.05) is 56.6 Å². The summed E-state index contributed by atoms with van der Waals surface area (Å²) in [5.41, 5.74) is 6.30. The number of imidazole rings is 2. The van der Waals surface area contributed by atoms with Crippen LogP contribution in [0.15, 0.2) is 54.9 Å². The Morgan fingerprint density at radius 2 is 1.58 bits per heavy atom. The summed E-state index contributed by atoms with van der Waals surface area (Å²) >= 11 is 6.24. The number of aromatic nitrogens is 4. The lowest BCUT2D eigenvalue weighted by atomic mass is 10.0. The Morgan fingerprint density at radius 1 is 0.846 bits per heavy atom. The third kappa shape index (κ3) is 3.16. The molecule has 4 rings (SSSR count). The first-order valence-corrected chi connectivity index (χ1v) is 8.89. The van der Waals surface area contributed by atoms with E-state index in [0.29, 0.717) is 0 Å². The monoisotopic (exact) mass is 362 g/mol. The molecule has 5 heteroatoms. The molecule has 0 aliphatic rings. The van der Waals surface area contributed by atoms with E-state index in [4.69, 9.17) is 16.6 Å². The Kier molecular flexibility index (Phi) is 4.35. The number of hydrogen-bond donors (Lipinski definition) is 2. The van der Waals surface area contributed by atoms with Gasteiger partial charge in [-0.2, -0.15) is 0 Å². The van der Waals surface area contributed by atoms with Gasteiger partial charge < -0.3 is 9.97 Å². The van der Waals surface area contributed by atoms with Crippen molar-refractivity contribution >= 4 is 11.6 Å². The van der Waals surface area contributed by atoms with Gasteiger partial charge >= 0.3 is 0 Å². The maximum absolute atomic E-state index is 6.24. The van der Waals surface area contributed by atoms with E-state index in [2.05, 4.69) is 27.1 Å². The molecule has 4 nitrogen and oxygen atoms in total. The number of aryl methyl sites for hydroxylation is 1. The molecule has 0 atom stereocenters. The van der Waals surface area contributed by atoms with Crippen LogP contribution < -0.4 is 0 Å². The van der Waals surface area contributed by atoms with Crippen molar-refractivity contribution in [3.8, 4) is 22.8 Å². The number of hydrogen-bond acceptors (Lipinski definition) is 2. The molecule has 0 saturated heterocycles. The molecule has 2 aromatic heterocycles. The third-order valence-corrected chi connectivity index (χ3v) is 4.91. The molecule has 2 aromatic carbocycles. The van der Waals surface area contributed by atoms with Gasteiger partial charge in [0.05, 0.1) is 11.4 Å². The molecule has 0 amide bonds. The van der Waals surface area contributed by atoms with E-state index in [1.54, 1.807) is 0 Å². The highest BCUT2D eigenvalue weighted by Crippen LogP contribution is 2.27. The lowest BCUT2D eigenvalue weighted by Crippen LogP contribution is -1.94. The number of H-pyrrole nitrogens is 2. The summed E-state index contributed by atoms with van der Waals surface area (Å²) in [6, 6.07) is 14.1. The van der Waals surface area contributed by atoms with Gasteiger partial charge in [0.2, 0.25) is 0 Å². The fourth-order valence-electron chi connectivity index (χ4n) is 3.10. The highest BCUT2D eigenvalue weighted by Gasteiger charge is 2.12. The average Bonchev–Trinajstić information content (AvgIpc) is 3.27. The van der Waals surface area contributed by atoms with Gasteiger partial charge in [-0.05, 0) is 31.0 Å². The van der Waals surface area contributed by atoms with Crippen LogP contribution in [0.2, 0.25) is 5.02 Å². The van der Waals surface area contributed by atoms with Gasteiger partial charge in [-0.3, -0.25) is 0 Å². The minimum absolute atomic E-state index is 0.728. The van der Waals surface area contributed by atoms with Gasteiger partial charge in [-0.25, -0.2) is 9.97 Å². The summed E-state index contributed by atoms with van der Waals surface area (Å²) in [5.74, 6) is 1.73. The molecular formula is C21H19ClN4. The summed E-state index contributed by atoms with van der Waals surface area (Å²) in [4.78, 5) is 15.9. The first-order valence-electron chi connectivity index (χ1n) is 8.52. The molecule has 0 spiro atoms. The number of rotatable bonds is 4. The van der Waals surface area contributed by atoms with Crippen LogP contribution in [0.4, 0.5) is 0 Å². The second-order valence-corrected chi connectivity index (χ2v) is 6.78. The van der Waals surface area contributed by atoms with E-state index in [0.717, 1.165) is 51.2 Å². The lowest BCUT2D eigenvalue weighted by molar-refractivity contribution is 1.10. The van der Waals surface area contributed by atoms with Crippen LogP contribution in [-0.2, 0) is 6.42 Å².